The second-order valence-electron chi connectivity index (χ2n) is 7.70. The van der Waals surface area contributed by atoms with Crippen molar-refractivity contribution in [2.75, 3.05) is 13.2 Å². The van der Waals surface area contributed by atoms with Gasteiger partial charge in [0.15, 0.2) is 0 Å². The van der Waals surface area contributed by atoms with Crippen molar-refractivity contribution in [1.29, 1.82) is 0 Å². The van der Waals surface area contributed by atoms with E-state index < -0.39 is 0 Å². The third-order valence-electron chi connectivity index (χ3n) is 5.40. The van der Waals surface area contributed by atoms with Crippen LogP contribution in [0.2, 0.25) is 0 Å². The van der Waals surface area contributed by atoms with Gasteiger partial charge in [-0.3, -0.25) is 4.79 Å². The predicted octanol–water partition coefficient (Wildman–Crippen LogP) is 5.07. The average molecular weight is 402 g/mol. The average Bonchev–Trinajstić information content (AvgIpc) is 3.31. The first-order chi connectivity index (χ1) is 14.7. The molecular weight excluding hydrogens is 374 g/mol. The quantitative estimate of drug-likeness (QED) is 0.601. The molecule has 30 heavy (non-hydrogen) atoms. The number of hydrogen-bond acceptors (Lipinski definition) is 3. The van der Waals surface area contributed by atoms with Gasteiger partial charge in [-0.25, -0.2) is 0 Å². The Morgan fingerprint density at radius 3 is 2.37 bits per heavy atom. The molecule has 2 atom stereocenters. The second kappa shape index (κ2) is 9.59. The Kier molecular flexibility index (Phi) is 6.45. The van der Waals surface area contributed by atoms with Crippen LogP contribution in [0, 0.1) is 6.92 Å². The van der Waals surface area contributed by atoms with Gasteiger partial charge >= 0.3 is 0 Å². The molecule has 4 nitrogen and oxygen atoms in total. The largest absolute Gasteiger partial charge is 0.491 e. The van der Waals surface area contributed by atoms with Crippen molar-refractivity contribution in [2.24, 2.45) is 0 Å². The fourth-order valence-corrected chi connectivity index (χ4v) is 3.65. The lowest BCUT2D eigenvalue weighted by Crippen LogP contribution is -2.29. The molecule has 0 saturated carbocycles. The molecular formula is C26H27NO3. The summed E-state index contributed by atoms with van der Waals surface area (Å²) in [6, 6.07) is 25.4. The summed E-state index contributed by atoms with van der Waals surface area (Å²) in [6.07, 6.45) is 2.31. The number of rotatable bonds is 7. The van der Waals surface area contributed by atoms with E-state index in [0.717, 1.165) is 36.3 Å². The highest BCUT2D eigenvalue weighted by Gasteiger charge is 2.18. The van der Waals surface area contributed by atoms with Crippen molar-refractivity contribution in [3.05, 3.63) is 101 Å². The Balaban J connectivity index is 1.46. The van der Waals surface area contributed by atoms with Crippen LogP contribution in [0.5, 0.6) is 5.75 Å². The van der Waals surface area contributed by atoms with E-state index in [1.807, 2.05) is 42.5 Å². The Hall–Kier alpha value is -3.11. The van der Waals surface area contributed by atoms with Crippen molar-refractivity contribution in [3.63, 3.8) is 0 Å². The van der Waals surface area contributed by atoms with Crippen LogP contribution in [0.1, 0.15) is 45.9 Å². The summed E-state index contributed by atoms with van der Waals surface area (Å²) in [6.45, 7) is 3.42. The van der Waals surface area contributed by atoms with Crippen molar-refractivity contribution in [1.82, 2.24) is 5.32 Å². The standard InChI is InChI=1S/C26H27NO3/c1-19-9-11-21(12-10-19)25(20-6-3-2-4-7-20)27-26(28)22-13-15-23(16-14-22)30-18-24-8-5-17-29-24/h2-4,6-7,9-16,24-25H,5,8,17-18H2,1H3,(H,27,28). The molecule has 0 spiro atoms. The van der Waals surface area contributed by atoms with Gasteiger partial charge in [-0.15, -0.1) is 0 Å². The predicted molar refractivity (Wildman–Crippen MR) is 118 cm³/mol. The van der Waals surface area contributed by atoms with Gasteiger partial charge in [0.2, 0.25) is 0 Å². The highest BCUT2D eigenvalue weighted by atomic mass is 16.5. The molecule has 154 valence electrons. The van der Waals surface area contributed by atoms with Gasteiger partial charge in [0.1, 0.15) is 12.4 Å². The lowest BCUT2D eigenvalue weighted by Gasteiger charge is -2.20. The second-order valence-corrected chi connectivity index (χ2v) is 7.70. The molecule has 1 fully saturated rings. The van der Waals surface area contributed by atoms with Crippen LogP contribution in [-0.4, -0.2) is 25.2 Å². The van der Waals surface area contributed by atoms with Crippen LogP contribution in [-0.2, 0) is 4.74 Å². The Morgan fingerprint density at radius 2 is 1.70 bits per heavy atom. The van der Waals surface area contributed by atoms with Crippen LogP contribution >= 0.6 is 0 Å². The summed E-state index contributed by atoms with van der Waals surface area (Å²) in [5.74, 6) is 0.635. The third-order valence-corrected chi connectivity index (χ3v) is 5.40. The molecule has 0 bridgehead atoms. The minimum absolute atomic E-state index is 0.116. The van der Waals surface area contributed by atoms with E-state index in [-0.39, 0.29) is 18.1 Å². The van der Waals surface area contributed by atoms with E-state index in [0.29, 0.717) is 12.2 Å². The summed E-state index contributed by atoms with van der Waals surface area (Å²) in [5.41, 5.74) is 3.89. The fourth-order valence-electron chi connectivity index (χ4n) is 3.65. The van der Waals surface area contributed by atoms with E-state index in [9.17, 15) is 4.79 Å². The van der Waals surface area contributed by atoms with Gasteiger partial charge < -0.3 is 14.8 Å². The number of hydrogen-bond donors (Lipinski definition) is 1. The van der Waals surface area contributed by atoms with Gasteiger partial charge in [0, 0.05) is 12.2 Å². The molecule has 1 amide bonds. The first kappa shape index (κ1) is 20.2. The van der Waals surface area contributed by atoms with E-state index >= 15 is 0 Å². The maximum absolute atomic E-state index is 13.0. The van der Waals surface area contributed by atoms with Gasteiger partial charge in [-0.2, -0.15) is 0 Å². The van der Waals surface area contributed by atoms with Crippen molar-refractivity contribution in [2.45, 2.75) is 31.9 Å². The smallest absolute Gasteiger partial charge is 0.252 e. The first-order valence-corrected chi connectivity index (χ1v) is 10.5. The zero-order valence-electron chi connectivity index (χ0n) is 17.2. The van der Waals surface area contributed by atoms with Gasteiger partial charge in [0.25, 0.3) is 5.91 Å². The zero-order valence-corrected chi connectivity index (χ0v) is 17.2. The topological polar surface area (TPSA) is 47.6 Å². The van der Waals surface area contributed by atoms with E-state index in [4.69, 9.17) is 9.47 Å². The van der Waals surface area contributed by atoms with Gasteiger partial charge in [-0.1, -0.05) is 60.2 Å². The molecule has 1 heterocycles. The molecule has 3 aromatic rings. The Bertz CT molecular complexity index is 946. The summed E-state index contributed by atoms with van der Waals surface area (Å²) >= 11 is 0. The summed E-state index contributed by atoms with van der Waals surface area (Å²) in [4.78, 5) is 13.0. The highest BCUT2D eigenvalue weighted by Crippen LogP contribution is 2.23. The number of ether oxygens (including phenoxy) is 2. The minimum Gasteiger partial charge on any atom is -0.491 e. The van der Waals surface area contributed by atoms with Crippen LogP contribution in [0.4, 0.5) is 0 Å². The van der Waals surface area contributed by atoms with E-state index in [2.05, 4.69) is 36.5 Å². The summed E-state index contributed by atoms with van der Waals surface area (Å²) < 4.78 is 11.4. The maximum atomic E-state index is 13.0. The van der Waals surface area contributed by atoms with Crippen LogP contribution in [0.25, 0.3) is 0 Å². The fraction of sp³-hybridized carbons (Fsp3) is 0.269. The lowest BCUT2D eigenvalue weighted by atomic mass is 9.97. The molecule has 1 aliphatic heterocycles. The molecule has 0 aliphatic carbocycles. The van der Waals surface area contributed by atoms with Crippen LogP contribution < -0.4 is 10.1 Å². The third kappa shape index (κ3) is 5.08. The molecule has 1 N–H and O–H groups in total. The number of carbonyl (C=O) groups excluding carboxylic acids is 1. The minimum atomic E-state index is -0.213. The summed E-state index contributed by atoms with van der Waals surface area (Å²) in [7, 11) is 0. The molecule has 0 aromatic heterocycles. The number of amides is 1. The van der Waals surface area contributed by atoms with Gasteiger partial charge in [-0.05, 0) is 55.2 Å². The lowest BCUT2D eigenvalue weighted by molar-refractivity contribution is 0.0679. The Morgan fingerprint density at radius 1 is 1.00 bits per heavy atom. The van der Waals surface area contributed by atoms with Crippen molar-refractivity contribution in [3.8, 4) is 5.75 Å². The number of benzene rings is 3. The number of nitrogens with one attached hydrogen (secondary N) is 1. The van der Waals surface area contributed by atoms with Crippen molar-refractivity contribution < 1.29 is 14.3 Å². The Labute approximate surface area is 177 Å². The molecule has 1 aliphatic rings. The van der Waals surface area contributed by atoms with Crippen LogP contribution in [0.15, 0.2) is 78.9 Å². The zero-order chi connectivity index (χ0) is 20.8. The van der Waals surface area contributed by atoms with Gasteiger partial charge in [0.05, 0.1) is 12.1 Å². The monoisotopic (exact) mass is 401 g/mol. The molecule has 3 aromatic carbocycles. The van der Waals surface area contributed by atoms with E-state index in [1.165, 1.54) is 5.56 Å². The van der Waals surface area contributed by atoms with E-state index in [1.54, 1.807) is 12.1 Å². The highest BCUT2D eigenvalue weighted by molar-refractivity contribution is 5.94. The number of aryl methyl sites for hydroxylation is 1. The van der Waals surface area contributed by atoms with Crippen LogP contribution in [0.3, 0.4) is 0 Å². The SMILES string of the molecule is Cc1ccc(C(NC(=O)c2ccc(OCC3CCCO3)cc2)c2ccccc2)cc1. The van der Waals surface area contributed by atoms with Crippen molar-refractivity contribution >= 4 is 5.91 Å². The molecule has 4 rings (SSSR count). The molecule has 2 unspecified atom stereocenters. The summed E-state index contributed by atoms with van der Waals surface area (Å²) in [5, 5.41) is 3.18. The normalized spacial score (nSPS) is 16.8. The molecule has 0 radical (unpaired) electrons. The number of carbonyl (C=O) groups is 1. The maximum Gasteiger partial charge on any atom is 0.252 e. The first-order valence-electron chi connectivity index (χ1n) is 10.5. The molecule has 4 heteroatoms. The molecule has 1 saturated heterocycles.